The van der Waals surface area contributed by atoms with Crippen LogP contribution in [0.25, 0.3) is 89.0 Å². The van der Waals surface area contributed by atoms with Gasteiger partial charge in [0.2, 0.25) is 0 Å². The van der Waals surface area contributed by atoms with Gasteiger partial charge >= 0.3 is 0 Å². The Hall–Kier alpha value is -7.80. The van der Waals surface area contributed by atoms with Gasteiger partial charge in [0.25, 0.3) is 0 Å². The molecule has 0 spiro atoms. The minimum Gasteiger partial charge on any atom is -0.0622 e. The topological polar surface area (TPSA) is 0 Å². The Labute approximate surface area is 359 Å². The Bertz CT molecular complexity index is 2660. The standard InChI is InChI=1S/C61H44/c1-5-21-46(22-6-1)54-29-13-17-33-58(54)50-38-44(39-51(42-50)59-34-18-14-30-55(59)47-23-7-2-8-24-47)37-45-40-52(60-35-19-15-31-56(60)48-25-9-3-10-26-48)43-53(41-45)61-36-20-16-32-57(61)49-27-11-4-12-28-49/h1-36,38-43H,37H2. The lowest BCUT2D eigenvalue weighted by Crippen LogP contribution is -1.96. The lowest BCUT2D eigenvalue weighted by Gasteiger charge is -2.18. The highest BCUT2D eigenvalue weighted by atomic mass is 14.2. The fourth-order valence-corrected chi connectivity index (χ4v) is 8.86. The summed E-state index contributed by atoms with van der Waals surface area (Å²) in [6.45, 7) is 0. The second-order valence-electron chi connectivity index (χ2n) is 15.7. The lowest BCUT2D eigenvalue weighted by molar-refractivity contribution is 1.20. The molecular formula is C61H44. The van der Waals surface area contributed by atoms with Gasteiger partial charge in [0.15, 0.2) is 0 Å². The number of rotatable bonds is 10. The van der Waals surface area contributed by atoms with Crippen molar-refractivity contribution in [2.45, 2.75) is 6.42 Å². The highest BCUT2D eigenvalue weighted by molar-refractivity contribution is 5.91. The fourth-order valence-electron chi connectivity index (χ4n) is 8.86. The number of benzene rings is 10. The van der Waals surface area contributed by atoms with E-state index in [0.717, 1.165) is 6.42 Å². The molecule has 0 nitrogen and oxygen atoms in total. The molecule has 10 aromatic carbocycles. The molecule has 10 aromatic rings. The van der Waals surface area contributed by atoms with Crippen LogP contribution in [0.2, 0.25) is 0 Å². The van der Waals surface area contributed by atoms with Gasteiger partial charge in [-0.15, -0.1) is 0 Å². The van der Waals surface area contributed by atoms with Crippen LogP contribution in [0.1, 0.15) is 11.1 Å². The molecule has 0 N–H and O–H groups in total. The van der Waals surface area contributed by atoms with Gasteiger partial charge in [0.05, 0.1) is 0 Å². The van der Waals surface area contributed by atoms with Crippen molar-refractivity contribution in [2.24, 2.45) is 0 Å². The zero-order chi connectivity index (χ0) is 40.8. The van der Waals surface area contributed by atoms with E-state index in [2.05, 4.69) is 255 Å². The Morgan fingerprint density at radius 2 is 0.344 bits per heavy atom. The zero-order valence-electron chi connectivity index (χ0n) is 34.0. The minimum absolute atomic E-state index is 0.754. The van der Waals surface area contributed by atoms with Gasteiger partial charge in [0, 0.05) is 0 Å². The minimum atomic E-state index is 0.754. The highest BCUT2D eigenvalue weighted by Gasteiger charge is 2.17. The van der Waals surface area contributed by atoms with Gasteiger partial charge in [-0.05, 0) is 119 Å². The third kappa shape index (κ3) is 8.00. The van der Waals surface area contributed by atoms with Crippen LogP contribution in [0.4, 0.5) is 0 Å². The quantitative estimate of drug-likeness (QED) is 0.130. The van der Waals surface area contributed by atoms with E-state index in [-0.39, 0.29) is 0 Å². The second-order valence-corrected chi connectivity index (χ2v) is 15.7. The van der Waals surface area contributed by atoms with Crippen molar-refractivity contribution in [1.82, 2.24) is 0 Å². The van der Waals surface area contributed by atoms with Crippen LogP contribution in [-0.2, 0) is 6.42 Å². The van der Waals surface area contributed by atoms with Crippen molar-refractivity contribution in [3.63, 3.8) is 0 Å². The van der Waals surface area contributed by atoms with Gasteiger partial charge in [-0.25, -0.2) is 0 Å². The van der Waals surface area contributed by atoms with Crippen LogP contribution in [0.5, 0.6) is 0 Å². The molecule has 0 aromatic heterocycles. The van der Waals surface area contributed by atoms with Gasteiger partial charge in [-0.2, -0.15) is 0 Å². The normalized spacial score (nSPS) is 11.0. The molecule has 0 bridgehead atoms. The van der Waals surface area contributed by atoms with E-state index in [1.807, 2.05) is 0 Å². The summed E-state index contributed by atoms with van der Waals surface area (Å²) in [7, 11) is 0. The molecule has 0 saturated carbocycles. The first-order chi connectivity index (χ1) is 30.2. The Kier molecular flexibility index (Phi) is 10.6. The summed E-state index contributed by atoms with van der Waals surface area (Å²) in [5.74, 6) is 0. The van der Waals surface area contributed by atoms with E-state index >= 15 is 0 Å². The average molecular weight is 777 g/mol. The van der Waals surface area contributed by atoms with Crippen LogP contribution in [-0.4, -0.2) is 0 Å². The molecule has 0 heteroatoms. The van der Waals surface area contributed by atoms with E-state index in [1.165, 1.54) is 100 Å². The van der Waals surface area contributed by atoms with E-state index < -0.39 is 0 Å². The van der Waals surface area contributed by atoms with Crippen molar-refractivity contribution in [3.05, 3.63) is 266 Å². The molecule has 0 heterocycles. The highest BCUT2D eigenvalue weighted by Crippen LogP contribution is 2.41. The maximum absolute atomic E-state index is 2.42. The summed E-state index contributed by atoms with van der Waals surface area (Å²) in [4.78, 5) is 0. The number of hydrogen-bond donors (Lipinski definition) is 0. The predicted molar refractivity (Wildman–Crippen MR) is 259 cm³/mol. The average Bonchev–Trinajstić information content (AvgIpc) is 3.35. The summed E-state index contributed by atoms with van der Waals surface area (Å²) in [5.41, 5.74) is 21.9. The van der Waals surface area contributed by atoms with Gasteiger partial charge < -0.3 is 0 Å². The SMILES string of the molecule is c1ccc(-c2ccccc2-c2cc(Cc3cc(-c4ccccc4-c4ccccc4)cc(-c4ccccc4-c4ccccc4)c3)cc(-c3ccccc3-c3ccccc3)c2)cc1. The first-order valence-corrected chi connectivity index (χ1v) is 21.1. The summed E-state index contributed by atoms with van der Waals surface area (Å²) in [6.07, 6.45) is 0.754. The van der Waals surface area contributed by atoms with E-state index in [9.17, 15) is 0 Å². The summed E-state index contributed by atoms with van der Waals surface area (Å²) in [5, 5.41) is 0. The van der Waals surface area contributed by atoms with Crippen LogP contribution >= 0.6 is 0 Å². The maximum atomic E-state index is 2.42. The van der Waals surface area contributed by atoms with Gasteiger partial charge in [-0.3, -0.25) is 0 Å². The third-order valence-corrected chi connectivity index (χ3v) is 11.7. The van der Waals surface area contributed by atoms with Crippen LogP contribution in [0, 0.1) is 0 Å². The van der Waals surface area contributed by atoms with E-state index in [1.54, 1.807) is 0 Å². The van der Waals surface area contributed by atoms with Gasteiger partial charge in [0.1, 0.15) is 0 Å². The molecule has 0 atom stereocenters. The Morgan fingerprint density at radius 3 is 0.557 bits per heavy atom. The van der Waals surface area contributed by atoms with Crippen LogP contribution in [0.15, 0.2) is 255 Å². The van der Waals surface area contributed by atoms with Crippen molar-refractivity contribution >= 4 is 0 Å². The predicted octanol–water partition coefficient (Wildman–Crippen LogP) is 16.6. The molecule has 288 valence electrons. The molecule has 0 fully saturated rings. The molecule has 0 aliphatic heterocycles. The van der Waals surface area contributed by atoms with Crippen molar-refractivity contribution in [3.8, 4) is 89.0 Å². The van der Waals surface area contributed by atoms with E-state index in [0.29, 0.717) is 0 Å². The van der Waals surface area contributed by atoms with Crippen LogP contribution < -0.4 is 0 Å². The first-order valence-electron chi connectivity index (χ1n) is 21.1. The zero-order valence-corrected chi connectivity index (χ0v) is 34.0. The lowest BCUT2D eigenvalue weighted by atomic mass is 9.86. The van der Waals surface area contributed by atoms with Crippen molar-refractivity contribution in [1.29, 1.82) is 0 Å². The largest absolute Gasteiger partial charge is 0.0622 e. The molecule has 0 aliphatic carbocycles. The molecule has 0 aliphatic rings. The smallest absolute Gasteiger partial charge is 0.00249 e. The maximum Gasteiger partial charge on any atom is -0.00249 e. The molecule has 0 unspecified atom stereocenters. The first kappa shape index (κ1) is 37.5. The molecular weight excluding hydrogens is 733 g/mol. The summed E-state index contributed by atoms with van der Waals surface area (Å²) >= 11 is 0. The second kappa shape index (κ2) is 17.2. The Morgan fingerprint density at radius 1 is 0.164 bits per heavy atom. The van der Waals surface area contributed by atoms with Crippen molar-refractivity contribution < 1.29 is 0 Å². The molecule has 0 amide bonds. The summed E-state index contributed by atoms with van der Waals surface area (Å²) < 4.78 is 0. The molecule has 10 rings (SSSR count). The third-order valence-electron chi connectivity index (χ3n) is 11.7. The van der Waals surface area contributed by atoms with Crippen LogP contribution in [0.3, 0.4) is 0 Å². The summed E-state index contributed by atoms with van der Waals surface area (Å²) in [6, 6.07) is 92.8. The van der Waals surface area contributed by atoms with Gasteiger partial charge in [-0.1, -0.05) is 243 Å². The molecule has 0 saturated heterocycles. The Balaban J connectivity index is 1.18. The van der Waals surface area contributed by atoms with Crippen molar-refractivity contribution in [2.75, 3.05) is 0 Å². The molecule has 0 radical (unpaired) electrons. The van der Waals surface area contributed by atoms with E-state index in [4.69, 9.17) is 0 Å². The fraction of sp³-hybridized carbons (Fsp3) is 0.0164. The monoisotopic (exact) mass is 776 g/mol. The molecule has 61 heavy (non-hydrogen) atoms. The number of hydrogen-bond acceptors (Lipinski definition) is 0.